The molecule has 1 heterocycles. The Morgan fingerprint density at radius 1 is 1.26 bits per heavy atom. The SMILES string of the molecule is CC(C)(C)SCC1CCCCN1C(=O)COCc1ccccc1. The molecule has 1 amide bonds. The highest BCUT2D eigenvalue weighted by atomic mass is 32.2. The number of hydrogen-bond acceptors (Lipinski definition) is 3. The van der Waals surface area contributed by atoms with E-state index in [1.54, 1.807) is 0 Å². The summed E-state index contributed by atoms with van der Waals surface area (Å²) in [7, 11) is 0. The van der Waals surface area contributed by atoms with Crippen LogP contribution in [0.25, 0.3) is 0 Å². The zero-order chi connectivity index (χ0) is 16.7. The molecule has 1 fully saturated rings. The molecule has 3 nitrogen and oxygen atoms in total. The molecule has 1 aliphatic heterocycles. The Bertz CT molecular complexity index is 484. The quantitative estimate of drug-likeness (QED) is 0.783. The number of nitrogens with zero attached hydrogens (tertiary/aromatic N) is 1. The van der Waals surface area contributed by atoms with E-state index in [1.807, 2.05) is 47.0 Å². The zero-order valence-corrected chi connectivity index (χ0v) is 15.4. The lowest BCUT2D eigenvalue weighted by atomic mass is 10.0. The van der Waals surface area contributed by atoms with Crippen LogP contribution in [0.1, 0.15) is 45.6 Å². The second-order valence-corrected chi connectivity index (χ2v) is 8.99. The number of hydrogen-bond donors (Lipinski definition) is 0. The summed E-state index contributed by atoms with van der Waals surface area (Å²) in [6.45, 7) is 8.26. The van der Waals surface area contributed by atoms with Crippen molar-refractivity contribution in [3.63, 3.8) is 0 Å². The van der Waals surface area contributed by atoms with Crippen molar-refractivity contribution in [1.29, 1.82) is 0 Å². The lowest BCUT2D eigenvalue weighted by molar-refractivity contribution is -0.139. The van der Waals surface area contributed by atoms with Gasteiger partial charge in [-0.3, -0.25) is 4.79 Å². The summed E-state index contributed by atoms with van der Waals surface area (Å²) in [6, 6.07) is 10.4. The molecule has 1 saturated heterocycles. The molecular formula is C19H29NO2S. The summed E-state index contributed by atoms with van der Waals surface area (Å²) in [4.78, 5) is 14.6. The van der Waals surface area contributed by atoms with Gasteiger partial charge in [0.1, 0.15) is 6.61 Å². The van der Waals surface area contributed by atoms with E-state index in [1.165, 1.54) is 6.42 Å². The number of carbonyl (C=O) groups excluding carboxylic acids is 1. The molecule has 0 aromatic heterocycles. The molecule has 0 saturated carbocycles. The Morgan fingerprint density at radius 2 is 2.00 bits per heavy atom. The van der Waals surface area contributed by atoms with Crippen molar-refractivity contribution in [2.45, 2.75) is 57.4 Å². The first kappa shape index (κ1) is 18.3. The van der Waals surface area contributed by atoms with E-state index in [-0.39, 0.29) is 17.3 Å². The van der Waals surface area contributed by atoms with Crippen molar-refractivity contribution in [2.24, 2.45) is 0 Å². The van der Waals surface area contributed by atoms with Gasteiger partial charge in [0, 0.05) is 23.1 Å². The molecule has 128 valence electrons. The Labute approximate surface area is 144 Å². The summed E-state index contributed by atoms with van der Waals surface area (Å²) >= 11 is 1.95. The van der Waals surface area contributed by atoms with Crippen molar-refractivity contribution < 1.29 is 9.53 Å². The molecule has 0 bridgehead atoms. The number of amides is 1. The third-order valence-corrected chi connectivity index (χ3v) is 5.41. The largest absolute Gasteiger partial charge is 0.367 e. The van der Waals surface area contributed by atoms with Crippen molar-refractivity contribution in [3.8, 4) is 0 Å². The Morgan fingerprint density at radius 3 is 2.70 bits per heavy atom. The number of rotatable bonds is 6. The minimum Gasteiger partial charge on any atom is -0.367 e. The molecule has 1 atom stereocenters. The van der Waals surface area contributed by atoms with E-state index in [9.17, 15) is 4.79 Å². The van der Waals surface area contributed by atoms with Crippen LogP contribution in [0.2, 0.25) is 0 Å². The van der Waals surface area contributed by atoms with E-state index in [0.717, 1.165) is 30.7 Å². The van der Waals surface area contributed by atoms with Gasteiger partial charge in [-0.05, 0) is 24.8 Å². The Balaban J connectivity index is 1.80. The highest BCUT2D eigenvalue weighted by Crippen LogP contribution is 2.28. The summed E-state index contributed by atoms with van der Waals surface area (Å²) in [6.07, 6.45) is 3.46. The topological polar surface area (TPSA) is 29.5 Å². The van der Waals surface area contributed by atoms with Crippen LogP contribution in [-0.2, 0) is 16.1 Å². The third kappa shape index (κ3) is 6.56. The fourth-order valence-electron chi connectivity index (χ4n) is 2.76. The lowest BCUT2D eigenvalue weighted by Crippen LogP contribution is -2.47. The van der Waals surface area contributed by atoms with Crippen LogP contribution in [0.15, 0.2) is 30.3 Å². The van der Waals surface area contributed by atoms with Crippen LogP contribution in [0.4, 0.5) is 0 Å². The number of likely N-dealkylation sites (tertiary alicyclic amines) is 1. The molecule has 1 aromatic carbocycles. The molecule has 23 heavy (non-hydrogen) atoms. The second kappa shape index (κ2) is 8.74. The molecule has 1 unspecified atom stereocenters. The monoisotopic (exact) mass is 335 g/mol. The van der Waals surface area contributed by atoms with Crippen LogP contribution in [0, 0.1) is 0 Å². The predicted molar refractivity (Wildman–Crippen MR) is 97.7 cm³/mol. The van der Waals surface area contributed by atoms with Gasteiger partial charge in [-0.2, -0.15) is 11.8 Å². The van der Waals surface area contributed by atoms with Gasteiger partial charge in [-0.25, -0.2) is 0 Å². The van der Waals surface area contributed by atoms with Gasteiger partial charge >= 0.3 is 0 Å². The van der Waals surface area contributed by atoms with Crippen LogP contribution >= 0.6 is 11.8 Å². The standard InChI is InChI=1S/C19H29NO2S/c1-19(2,3)23-15-17-11-7-8-12-20(17)18(21)14-22-13-16-9-5-4-6-10-16/h4-6,9-10,17H,7-8,11-15H2,1-3H3. The summed E-state index contributed by atoms with van der Waals surface area (Å²) in [5, 5.41) is 0. The van der Waals surface area contributed by atoms with E-state index < -0.39 is 0 Å². The second-order valence-electron chi connectivity index (χ2n) is 7.14. The maximum absolute atomic E-state index is 12.5. The zero-order valence-electron chi connectivity index (χ0n) is 14.6. The molecule has 0 spiro atoms. The van der Waals surface area contributed by atoms with Gasteiger partial charge in [0.25, 0.3) is 0 Å². The summed E-state index contributed by atoms with van der Waals surface area (Å²) in [5.41, 5.74) is 1.11. The molecule has 0 N–H and O–H groups in total. The highest BCUT2D eigenvalue weighted by molar-refractivity contribution is 8.00. The van der Waals surface area contributed by atoms with Crippen molar-refractivity contribution in [2.75, 3.05) is 18.9 Å². The van der Waals surface area contributed by atoms with E-state index in [2.05, 4.69) is 20.8 Å². The Kier molecular flexibility index (Phi) is 6.97. The van der Waals surface area contributed by atoms with Gasteiger partial charge < -0.3 is 9.64 Å². The maximum Gasteiger partial charge on any atom is 0.248 e. The number of piperidine rings is 1. The van der Waals surface area contributed by atoms with Gasteiger partial charge in [-0.1, -0.05) is 51.1 Å². The number of ether oxygens (including phenoxy) is 1. The molecule has 0 radical (unpaired) electrons. The van der Waals surface area contributed by atoms with E-state index in [0.29, 0.717) is 12.6 Å². The molecule has 0 aliphatic carbocycles. The third-order valence-electron chi connectivity index (χ3n) is 3.99. The first-order chi connectivity index (χ1) is 11.0. The lowest BCUT2D eigenvalue weighted by Gasteiger charge is -2.37. The maximum atomic E-state index is 12.5. The predicted octanol–water partition coefficient (Wildman–Crippen LogP) is 4.12. The van der Waals surface area contributed by atoms with Crippen LogP contribution in [-0.4, -0.2) is 40.5 Å². The first-order valence-corrected chi connectivity index (χ1v) is 9.49. The number of carbonyl (C=O) groups is 1. The minimum atomic E-state index is 0.139. The molecule has 1 aliphatic rings. The molecule has 2 rings (SSSR count). The van der Waals surface area contributed by atoms with Crippen LogP contribution in [0.5, 0.6) is 0 Å². The summed E-state index contributed by atoms with van der Waals surface area (Å²) < 4.78 is 5.88. The smallest absolute Gasteiger partial charge is 0.248 e. The van der Waals surface area contributed by atoms with Crippen LogP contribution in [0.3, 0.4) is 0 Å². The van der Waals surface area contributed by atoms with E-state index >= 15 is 0 Å². The molecular weight excluding hydrogens is 306 g/mol. The minimum absolute atomic E-state index is 0.139. The van der Waals surface area contributed by atoms with Gasteiger partial charge in [0.2, 0.25) is 5.91 Å². The Hall–Kier alpha value is -1.00. The fourth-order valence-corrected chi connectivity index (χ4v) is 3.80. The number of thioether (sulfide) groups is 1. The van der Waals surface area contributed by atoms with E-state index in [4.69, 9.17) is 4.74 Å². The van der Waals surface area contributed by atoms with Gasteiger partial charge in [0.05, 0.1) is 6.61 Å². The fraction of sp³-hybridized carbons (Fsp3) is 0.632. The van der Waals surface area contributed by atoms with Crippen molar-refractivity contribution in [3.05, 3.63) is 35.9 Å². The van der Waals surface area contributed by atoms with Crippen molar-refractivity contribution in [1.82, 2.24) is 4.90 Å². The first-order valence-electron chi connectivity index (χ1n) is 8.51. The van der Waals surface area contributed by atoms with Crippen LogP contribution < -0.4 is 0 Å². The highest BCUT2D eigenvalue weighted by Gasteiger charge is 2.27. The average molecular weight is 336 g/mol. The molecule has 4 heteroatoms. The number of benzene rings is 1. The van der Waals surface area contributed by atoms with Crippen molar-refractivity contribution >= 4 is 17.7 Å². The van der Waals surface area contributed by atoms with Gasteiger partial charge in [0.15, 0.2) is 0 Å². The normalized spacial score (nSPS) is 18.9. The van der Waals surface area contributed by atoms with Gasteiger partial charge in [-0.15, -0.1) is 0 Å². The summed E-state index contributed by atoms with van der Waals surface area (Å²) in [5.74, 6) is 1.16. The average Bonchev–Trinajstić information content (AvgIpc) is 2.53. The molecule has 1 aromatic rings.